The molecule has 0 saturated carbocycles. The van der Waals surface area contributed by atoms with Gasteiger partial charge in [-0.3, -0.25) is 4.79 Å². The van der Waals surface area contributed by atoms with Crippen LogP contribution in [0.1, 0.15) is 27.7 Å². The van der Waals surface area contributed by atoms with Gasteiger partial charge in [0.1, 0.15) is 0 Å². The van der Waals surface area contributed by atoms with E-state index in [2.05, 4.69) is 33.0 Å². The molecular formula is C12H25N3O. The first-order valence-electron chi connectivity index (χ1n) is 5.97. The number of nitrogens with zero attached hydrogens (tertiary/aromatic N) is 2. The van der Waals surface area contributed by atoms with Gasteiger partial charge in [0, 0.05) is 19.1 Å². The van der Waals surface area contributed by atoms with Gasteiger partial charge < -0.3 is 15.1 Å². The number of carbonyl (C=O) groups is 1. The molecule has 1 heterocycles. The Morgan fingerprint density at radius 1 is 1.50 bits per heavy atom. The standard InChI is InChI=1S/C12H25N3O/c1-9(2)15-11(16)10(7-14(5)6)13-8-12(15,3)4/h9-10,13H,7-8H2,1-6H3. The molecule has 1 aliphatic heterocycles. The molecule has 0 bridgehead atoms. The Kier molecular flexibility index (Phi) is 3.97. The van der Waals surface area contributed by atoms with Crippen LogP contribution in [0.3, 0.4) is 0 Å². The smallest absolute Gasteiger partial charge is 0.241 e. The molecule has 1 rings (SSSR count). The van der Waals surface area contributed by atoms with Crippen molar-refractivity contribution >= 4 is 5.91 Å². The van der Waals surface area contributed by atoms with Gasteiger partial charge in [0.15, 0.2) is 0 Å². The van der Waals surface area contributed by atoms with Crippen LogP contribution in [0, 0.1) is 0 Å². The summed E-state index contributed by atoms with van der Waals surface area (Å²) in [6.45, 7) is 10.0. The van der Waals surface area contributed by atoms with Gasteiger partial charge in [0.2, 0.25) is 5.91 Å². The molecular weight excluding hydrogens is 202 g/mol. The molecule has 4 heteroatoms. The van der Waals surface area contributed by atoms with Crippen molar-refractivity contribution in [3.63, 3.8) is 0 Å². The van der Waals surface area contributed by atoms with Crippen LogP contribution in [-0.4, -0.2) is 60.5 Å². The first-order valence-corrected chi connectivity index (χ1v) is 5.97. The minimum absolute atomic E-state index is 0.0644. The van der Waals surface area contributed by atoms with E-state index in [0.29, 0.717) is 0 Å². The van der Waals surface area contributed by atoms with Crippen LogP contribution in [0.5, 0.6) is 0 Å². The van der Waals surface area contributed by atoms with Gasteiger partial charge in [-0.2, -0.15) is 0 Å². The molecule has 1 aliphatic rings. The summed E-state index contributed by atoms with van der Waals surface area (Å²) in [5, 5.41) is 3.34. The molecule has 0 aromatic heterocycles. The minimum atomic E-state index is -0.0892. The number of carbonyl (C=O) groups excluding carboxylic acids is 1. The van der Waals surface area contributed by atoms with Gasteiger partial charge in [-0.1, -0.05) is 0 Å². The van der Waals surface area contributed by atoms with Crippen molar-refractivity contribution in [2.24, 2.45) is 0 Å². The van der Waals surface area contributed by atoms with E-state index in [-0.39, 0.29) is 23.5 Å². The molecule has 1 N–H and O–H groups in total. The number of hydrogen-bond acceptors (Lipinski definition) is 3. The second kappa shape index (κ2) is 4.72. The SMILES string of the molecule is CC(C)N1C(=O)C(CN(C)C)NCC1(C)C. The molecule has 0 spiro atoms. The second-order valence-electron chi connectivity index (χ2n) is 5.81. The Labute approximate surface area is 99.0 Å². The van der Waals surface area contributed by atoms with Gasteiger partial charge in [0.05, 0.1) is 11.6 Å². The van der Waals surface area contributed by atoms with Crippen molar-refractivity contribution in [2.75, 3.05) is 27.2 Å². The summed E-state index contributed by atoms with van der Waals surface area (Å²) in [7, 11) is 3.99. The van der Waals surface area contributed by atoms with Crippen LogP contribution >= 0.6 is 0 Å². The number of hydrogen-bond donors (Lipinski definition) is 1. The third-order valence-electron chi connectivity index (χ3n) is 3.03. The highest BCUT2D eigenvalue weighted by atomic mass is 16.2. The fourth-order valence-corrected chi connectivity index (χ4v) is 2.47. The number of likely N-dealkylation sites (N-methyl/N-ethyl adjacent to an activating group) is 1. The molecule has 1 saturated heterocycles. The molecule has 0 radical (unpaired) electrons. The van der Waals surface area contributed by atoms with Gasteiger partial charge in [-0.25, -0.2) is 0 Å². The summed E-state index contributed by atoms with van der Waals surface area (Å²) in [5.41, 5.74) is -0.0892. The molecule has 16 heavy (non-hydrogen) atoms. The van der Waals surface area contributed by atoms with Crippen LogP contribution in [-0.2, 0) is 4.79 Å². The molecule has 0 aromatic carbocycles. The monoisotopic (exact) mass is 227 g/mol. The van der Waals surface area contributed by atoms with Gasteiger partial charge in [-0.05, 0) is 41.8 Å². The minimum Gasteiger partial charge on any atom is -0.332 e. The Hall–Kier alpha value is -0.610. The maximum Gasteiger partial charge on any atom is 0.241 e. The Morgan fingerprint density at radius 3 is 2.50 bits per heavy atom. The van der Waals surface area contributed by atoms with Crippen LogP contribution in [0.2, 0.25) is 0 Å². The lowest BCUT2D eigenvalue weighted by atomic mass is 9.95. The maximum atomic E-state index is 12.4. The van der Waals surface area contributed by atoms with Crippen LogP contribution in [0.25, 0.3) is 0 Å². The van der Waals surface area contributed by atoms with Crippen molar-refractivity contribution in [2.45, 2.75) is 45.3 Å². The van der Waals surface area contributed by atoms with E-state index in [1.54, 1.807) is 0 Å². The van der Waals surface area contributed by atoms with Crippen molar-refractivity contribution in [3.8, 4) is 0 Å². The second-order valence-corrected chi connectivity index (χ2v) is 5.81. The normalized spacial score (nSPS) is 25.6. The Balaban J connectivity index is 2.81. The van der Waals surface area contributed by atoms with Gasteiger partial charge in [-0.15, -0.1) is 0 Å². The lowest BCUT2D eigenvalue weighted by Crippen LogP contribution is -2.68. The molecule has 1 atom stereocenters. The third-order valence-corrected chi connectivity index (χ3v) is 3.03. The predicted molar refractivity (Wildman–Crippen MR) is 66.4 cm³/mol. The molecule has 4 nitrogen and oxygen atoms in total. The fourth-order valence-electron chi connectivity index (χ4n) is 2.47. The van der Waals surface area contributed by atoms with E-state index < -0.39 is 0 Å². The summed E-state index contributed by atoms with van der Waals surface area (Å²) in [5.74, 6) is 0.222. The summed E-state index contributed by atoms with van der Waals surface area (Å²) in [6.07, 6.45) is 0. The van der Waals surface area contributed by atoms with E-state index in [0.717, 1.165) is 13.1 Å². The highest BCUT2D eigenvalue weighted by Crippen LogP contribution is 2.22. The number of rotatable bonds is 3. The van der Waals surface area contributed by atoms with Crippen molar-refractivity contribution in [3.05, 3.63) is 0 Å². The average molecular weight is 227 g/mol. The number of amides is 1. The molecule has 0 aromatic rings. The van der Waals surface area contributed by atoms with Crippen molar-refractivity contribution < 1.29 is 4.79 Å². The quantitative estimate of drug-likeness (QED) is 0.764. The highest BCUT2D eigenvalue weighted by molar-refractivity contribution is 5.84. The summed E-state index contributed by atoms with van der Waals surface area (Å²) >= 11 is 0. The topological polar surface area (TPSA) is 35.6 Å². The molecule has 94 valence electrons. The highest BCUT2D eigenvalue weighted by Gasteiger charge is 2.41. The van der Waals surface area contributed by atoms with Gasteiger partial charge in [0.25, 0.3) is 0 Å². The average Bonchev–Trinajstić information content (AvgIpc) is 2.08. The summed E-state index contributed by atoms with van der Waals surface area (Å²) < 4.78 is 0. The zero-order valence-electron chi connectivity index (χ0n) is 11.4. The van der Waals surface area contributed by atoms with E-state index >= 15 is 0 Å². The summed E-state index contributed by atoms with van der Waals surface area (Å²) in [6, 6.07) is 0.194. The van der Waals surface area contributed by atoms with Crippen molar-refractivity contribution in [1.29, 1.82) is 0 Å². The largest absolute Gasteiger partial charge is 0.332 e. The Bertz CT molecular complexity index is 261. The van der Waals surface area contributed by atoms with E-state index in [1.807, 2.05) is 23.9 Å². The molecule has 1 unspecified atom stereocenters. The molecule has 1 fully saturated rings. The van der Waals surface area contributed by atoms with Crippen LogP contribution in [0.4, 0.5) is 0 Å². The van der Waals surface area contributed by atoms with Crippen LogP contribution in [0.15, 0.2) is 0 Å². The fraction of sp³-hybridized carbons (Fsp3) is 0.917. The zero-order valence-corrected chi connectivity index (χ0v) is 11.4. The first kappa shape index (κ1) is 13.5. The first-order chi connectivity index (χ1) is 7.25. The van der Waals surface area contributed by atoms with E-state index in [1.165, 1.54) is 0 Å². The molecule has 0 aliphatic carbocycles. The Morgan fingerprint density at radius 2 is 2.06 bits per heavy atom. The van der Waals surface area contributed by atoms with E-state index in [9.17, 15) is 4.79 Å². The third kappa shape index (κ3) is 2.74. The predicted octanol–water partition coefficient (Wildman–Crippen LogP) is 0.535. The van der Waals surface area contributed by atoms with Crippen molar-refractivity contribution in [1.82, 2.24) is 15.1 Å². The lowest BCUT2D eigenvalue weighted by Gasteiger charge is -2.48. The number of nitrogens with one attached hydrogen (secondary N) is 1. The van der Waals surface area contributed by atoms with E-state index in [4.69, 9.17) is 0 Å². The molecule has 1 amide bonds. The number of piperazine rings is 1. The summed E-state index contributed by atoms with van der Waals surface area (Å²) in [4.78, 5) is 16.4. The lowest BCUT2D eigenvalue weighted by molar-refractivity contribution is -0.146. The zero-order chi connectivity index (χ0) is 12.5. The maximum absolute atomic E-state index is 12.4. The van der Waals surface area contributed by atoms with Crippen LogP contribution < -0.4 is 5.32 Å². The van der Waals surface area contributed by atoms with Gasteiger partial charge >= 0.3 is 0 Å².